The first-order chi connectivity index (χ1) is 13.2. The SMILES string of the molecule is CC(C)n1cccc(-c2cc(S(=O)(=O)Nc3ccc(C#N)cc3F)c[nH]2)c1=O. The summed E-state index contributed by atoms with van der Waals surface area (Å²) in [6.45, 7) is 3.73. The Hall–Kier alpha value is -3.38. The minimum absolute atomic E-state index is 0.0494. The lowest BCUT2D eigenvalue weighted by molar-refractivity contribution is 0.579. The van der Waals surface area contributed by atoms with Crippen LogP contribution in [0.15, 0.2) is 58.5 Å². The molecule has 28 heavy (non-hydrogen) atoms. The quantitative estimate of drug-likeness (QED) is 0.685. The number of aromatic nitrogens is 2. The number of nitrogens with one attached hydrogen (secondary N) is 2. The van der Waals surface area contributed by atoms with Crippen LogP contribution in [0.3, 0.4) is 0 Å². The Bertz CT molecular complexity index is 1240. The van der Waals surface area contributed by atoms with Gasteiger partial charge < -0.3 is 9.55 Å². The van der Waals surface area contributed by atoms with E-state index in [1.54, 1.807) is 24.4 Å². The number of benzene rings is 1. The van der Waals surface area contributed by atoms with Gasteiger partial charge in [-0.25, -0.2) is 12.8 Å². The Morgan fingerprint density at radius 3 is 2.64 bits per heavy atom. The molecule has 0 atom stereocenters. The number of rotatable bonds is 5. The van der Waals surface area contributed by atoms with Crippen molar-refractivity contribution < 1.29 is 12.8 Å². The molecular formula is C19H17FN4O3S. The zero-order valence-corrected chi connectivity index (χ0v) is 15.9. The number of H-pyrrole nitrogens is 1. The summed E-state index contributed by atoms with van der Waals surface area (Å²) in [6, 6.07) is 9.76. The van der Waals surface area contributed by atoms with Crippen LogP contribution in [0, 0.1) is 17.1 Å². The van der Waals surface area contributed by atoms with E-state index in [1.807, 2.05) is 13.8 Å². The van der Waals surface area contributed by atoms with Gasteiger partial charge in [0.1, 0.15) is 10.7 Å². The molecule has 0 radical (unpaired) electrons. The first-order valence-electron chi connectivity index (χ1n) is 8.35. The van der Waals surface area contributed by atoms with Crippen molar-refractivity contribution in [3.8, 4) is 17.3 Å². The van der Waals surface area contributed by atoms with Crippen LogP contribution in [0.4, 0.5) is 10.1 Å². The normalized spacial score (nSPS) is 11.4. The summed E-state index contributed by atoms with van der Waals surface area (Å²) in [7, 11) is -4.09. The summed E-state index contributed by atoms with van der Waals surface area (Å²) in [6.07, 6.45) is 2.89. The molecule has 0 unspecified atom stereocenters. The lowest BCUT2D eigenvalue weighted by Gasteiger charge is -2.10. The molecule has 0 aliphatic heterocycles. The molecule has 0 spiro atoms. The van der Waals surface area contributed by atoms with Gasteiger partial charge in [-0.15, -0.1) is 0 Å². The van der Waals surface area contributed by atoms with E-state index in [2.05, 4.69) is 9.71 Å². The molecule has 3 rings (SSSR count). The highest BCUT2D eigenvalue weighted by Gasteiger charge is 2.20. The predicted molar refractivity (Wildman–Crippen MR) is 103 cm³/mol. The second kappa shape index (κ2) is 7.32. The van der Waals surface area contributed by atoms with Gasteiger partial charge in [-0.2, -0.15) is 5.26 Å². The average molecular weight is 400 g/mol. The van der Waals surface area contributed by atoms with Gasteiger partial charge in [0.05, 0.1) is 28.6 Å². The summed E-state index contributed by atoms with van der Waals surface area (Å²) >= 11 is 0. The maximum absolute atomic E-state index is 14.0. The van der Waals surface area contributed by atoms with E-state index in [-0.39, 0.29) is 27.7 Å². The number of pyridine rings is 1. The highest BCUT2D eigenvalue weighted by atomic mass is 32.2. The largest absolute Gasteiger partial charge is 0.360 e. The van der Waals surface area contributed by atoms with Crippen molar-refractivity contribution >= 4 is 15.7 Å². The summed E-state index contributed by atoms with van der Waals surface area (Å²) < 4.78 is 42.8. The number of halogens is 1. The third-order valence-corrected chi connectivity index (χ3v) is 5.48. The fraction of sp³-hybridized carbons (Fsp3) is 0.158. The Kier molecular flexibility index (Phi) is 5.07. The first-order valence-corrected chi connectivity index (χ1v) is 9.83. The van der Waals surface area contributed by atoms with Crippen LogP contribution in [0.25, 0.3) is 11.3 Å². The fourth-order valence-corrected chi connectivity index (χ4v) is 3.74. The summed E-state index contributed by atoms with van der Waals surface area (Å²) in [5, 5.41) is 8.76. The average Bonchev–Trinajstić information content (AvgIpc) is 3.14. The molecule has 1 aromatic carbocycles. The summed E-state index contributed by atoms with van der Waals surface area (Å²) in [4.78, 5) is 15.2. The van der Waals surface area contributed by atoms with Crippen LogP contribution < -0.4 is 10.3 Å². The van der Waals surface area contributed by atoms with Gasteiger partial charge in [-0.3, -0.25) is 9.52 Å². The molecule has 3 aromatic rings. The lowest BCUT2D eigenvalue weighted by atomic mass is 10.2. The zero-order valence-electron chi connectivity index (χ0n) is 15.1. The number of aromatic amines is 1. The van der Waals surface area contributed by atoms with Crippen molar-refractivity contribution in [3.63, 3.8) is 0 Å². The summed E-state index contributed by atoms with van der Waals surface area (Å²) in [5.74, 6) is -0.860. The Morgan fingerprint density at radius 2 is 2.00 bits per heavy atom. The third kappa shape index (κ3) is 3.68. The minimum Gasteiger partial charge on any atom is -0.360 e. The van der Waals surface area contributed by atoms with Gasteiger partial charge in [-0.05, 0) is 50.2 Å². The molecule has 0 saturated heterocycles. The number of nitrogens with zero attached hydrogens (tertiary/aromatic N) is 2. The van der Waals surface area contributed by atoms with Gasteiger partial charge in [0, 0.05) is 18.4 Å². The van der Waals surface area contributed by atoms with Gasteiger partial charge in [0.15, 0.2) is 0 Å². The minimum atomic E-state index is -4.09. The Morgan fingerprint density at radius 1 is 1.25 bits per heavy atom. The van der Waals surface area contributed by atoms with Crippen LogP contribution in [-0.4, -0.2) is 18.0 Å². The van der Waals surface area contributed by atoms with Crippen molar-refractivity contribution in [1.82, 2.24) is 9.55 Å². The van der Waals surface area contributed by atoms with Crippen molar-refractivity contribution in [2.45, 2.75) is 24.8 Å². The molecule has 9 heteroatoms. The van der Waals surface area contributed by atoms with Crippen molar-refractivity contribution in [2.24, 2.45) is 0 Å². The third-order valence-electron chi connectivity index (χ3n) is 4.13. The van der Waals surface area contributed by atoms with E-state index in [4.69, 9.17) is 5.26 Å². The van der Waals surface area contributed by atoms with Gasteiger partial charge in [0.2, 0.25) is 0 Å². The van der Waals surface area contributed by atoms with E-state index in [9.17, 15) is 17.6 Å². The van der Waals surface area contributed by atoms with Gasteiger partial charge >= 0.3 is 0 Å². The van der Waals surface area contributed by atoms with Crippen molar-refractivity contribution in [1.29, 1.82) is 5.26 Å². The van der Waals surface area contributed by atoms with E-state index >= 15 is 0 Å². The van der Waals surface area contributed by atoms with Crippen LogP contribution in [0.2, 0.25) is 0 Å². The molecule has 2 N–H and O–H groups in total. The van der Waals surface area contributed by atoms with Crippen LogP contribution in [-0.2, 0) is 10.0 Å². The number of sulfonamides is 1. The maximum Gasteiger partial charge on any atom is 0.263 e. The summed E-state index contributed by atoms with van der Waals surface area (Å²) in [5.41, 5.74) is 0.204. The van der Waals surface area contributed by atoms with E-state index < -0.39 is 15.8 Å². The monoisotopic (exact) mass is 400 g/mol. The second-order valence-electron chi connectivity index (χ2n) is 6.39. The fourth-order valence-electron chi connectivity index (χ4n) is 2.68. The molecular weight excluding hydrogens is 383 g/mol. The molecule has 0 amide bonds. The van der Waals surface area contributed by atoms with E-state index in [1.165, 1.54) is 29.0 Å². The van der Waals surface area contributed by atoms with Gasteiger partial charge in [-0.1, -0.05) is 0 Å². The van der Waals surface area contributed by atoms with Crippen LogP contribution >= 0.6 is 0 Å². The van der Waals surface area contributed by atoms with Crippen molar-refractivity contribution in [2.75, 3.05) is 4.72 Å². The molecule has 0 bridgehead atoms. The van der Waals surface area contributed by atoms with Crippen molar-refractivity contribution in [3.05, 3.63) is 70.5 Å². The molecule has 0 aliphatic rings. The second-order valence-corrected chi connectivity index (χ2v) is 8.07. The zero-order chi connectivity index (χ0) is 20.5. The number of nitriles is 1. The Balaban J connectivity index is 1.95. The molecule has 0 fully saturated rings. The highest BCUT2D eigenvalue weighted by Crippen LogP contribution is 2.23. The number of hydrogen-bond donors (Lipinski definition) is 2. The molecule has 2 aromatic heterocycles. The molecule has 7 nitrogen and oxygen atoms in total. The number of anilines is 1. The van der Waals surface area contributed by atoms with E-state index in [0.29, 0.717) is 11.3 Å². The van der Waals surface area contributed by atoms with Gasteiger partial charge in [0.25, 0.3) is 15.6 Å². The number of hydrogen-bond acceptors (Lipinski definition) is 4. The predicted octanol–water partition coefficient (Wildman–Crippen LogP) is 3.24. The lowest BCUT2D eigenvalue weighted by Crippen LogP contribution is -2.22. The molecule has 0 saturated carbocycles. The van der Waals surface area contributed by atoms with E-state index in [0.717, 1.165) is 6.07 Å². The van der Waals surface area contributed by atoms with Crippen LogP contribution in [0.5, 0.6) is 0 Å². The molecule has 2 heterocycles. The molecule has 144 valence electrons. The Labute approximate surface area is 161 Å². The smallest absolute Gasteiger partial charge is 0.263 e. The molecule has 0 aliphatic carbocycles. The first kappa shape index (κ1) is 19.4. The standard InChI is InChI=1S/C19H17FN4O3S/c1-12(2)24-7-3-4-15(19(24)25)18-9-14(11-22-18)28(26,27)23-17-6-5-13(10-21)8-16(17)20/h3-9,11-12,22-23H,1-2H3. The topological polar surface area (TPSA) is 108 Å². The highest BCUT2D eigenvalue weighted by molar-refractivity contribution is 7.92. The maximum atomic E-state index is 14.0. The van der Waals surface area contributed by atoms with Crippen LogP contribution in [0.1, 0.15) is 25.5 Å².